The normalized spacial score (nSPS) is 17.4. The van der Waals surface area contributed by atoms with Gasteiger partial charge in [0.2, 0.25) is 5.43 Å². The molecule has 0 spiro atoms. The van der Waals surface area contributed by atoms with Crippen LogP contribution in [0, 0.1) is 11.7 Å². The van der Waals surface area contributed by atoms with Crippen molar-refractivity contribution in [1.82, 2.24) is 9.55 Å². The van der Waals surface area contributed by atoms with E-state index in [4.69, 9.17) is 14.3 Å². The summed E-state index contributed by atoms with van der Waals surface area (Å²) < 4.78 is 28.3. The van der Waals surface area contributed by atoms with Gasteiger partial charge in [0.25, 0.3) is 0 Å². The number of hydrogen-bond acceptors (Lipinski definition) is 9. The molecule has 2 aliphatic rings. The molecule has 11 nitrogen and oxygen atoms in total. The first kappa shape index (κ1) is 29.8. The molecule has 0 amide bonds. The lowest BCUT2D eigenvalue weighted by molar-refractivity contribution is 0.0694. The van der Waals surface area contributed by atoms with Gasteiger partial charge in [0.15, 0.2) is 11.6 Å². The molecule has 1 atom stereocenters. The van der Waals surface area contributed by atoms with Crippen LogP contribution in [0.25, 0.3) is 11.0 Å². The minimum absolute atomic E-state index is 0.00755. The van der Waals surface area contributed by atoms with Gasteiger partial charge in [0.1, 0.15) is 29.3 Å². The summed E-state index contributed by atoms with van der Waals surface area (Å²) in [4.78, 5) is 41.5. The van der Waals surface area contributed by atoms with E-state index in [0.29, 0.717) is 35.9 Å². The van der Waals surface area contributed by atoms with Gasteiger partial charge in [-0.05, 0) is 36.6 Å². The third-order valence-corrected chi connectivity index (χ3v) is 7.96. The van der Waals surface area contributed by atoms with Crippen molar-refractivity contribution >= 4 is 34.7 Å². The number of nitrogens with zero attached hydrogens (tertiary/aromatic N) is 5. The summed E-state index contributed by atoms with van der Waals surface area (Å²) in [5, 5.41) is 14.0. The number of carbonyl (C=O) groups is 1. The Kier molecular flexibility index (Phi) is 8.45. The van der Waals surface area contributed by atoms with Gasteiger partial charge in [0, 0.05) is 37.5 Å². The van der Waals surface area contributed by atoms with Crippen LogP contribution >= 0.6 is 0 Å². The number of benzene rings is 2. The molecule has 1 unspecified atom stereocenters. The summed E-state index contributed by atoms with van der Waals surface area (Å²) >= 11 is 0. The fourth-order valence-electron chi connectivity index (χ4n) is 5.51. The van der Waals surface area contributed by atoms with Crippen LogP contribution in [0.3, 0.4) is 0 Å². The van der Waals surface area contributed by atoms with Crippen LogP contribution in [0.15, 0.2) is 75.7 Å². The largest absolute Gasteiger partial charge is 0.496 e. The van der Waals surface area contributed by atoms with E-state index in [9.17, 15) is 14.7 Å². The van der Waals surface area contributed by atoms with Crippen molar-refractivity contribution in [2.24, 2.45) is 16.1 Å². The highest BCUT2D eigenvalue weighted by molar-refractivity contribution is 5.95. The standard InChI is InChI=1S/C33H32FN5O6/c1-43-28-9-6-10-29(44-2)25(28)19-45-37-27-18-38(16-21(27)15-35-14-20-7-4-3-5-8-20)32-26(34)13-23-30(40)24(33(41)42)17-39(22-11-12-22)31(23)36-32/h3-10,13-14,17,21-22H,11-12,15-16,18-19H2,1-2H3,(H,41,42)/b35-14?,37-27+. The van der Waals surface area contributed by atoms with Crippen molar-refractivity contribution in [3.8, 4) is 11.5 Å². The molecule has 1 aliphatic heterocycles. The van der Waals surface area contributed by atoms with E-state index >= 15 is 4.39 Å². The Balaban J connectivity index is 1.32. The second kappa shape index (κ2) is 12.8. The molecule has 4 aromatic rings. The van der Waals surface area contributed by atoms with E-state index in [2.05, 4.69) is 15.1 Å². The lowest BCUT2D eigenvalue weighted by Gasteiger charge is -2.19. The molecule has 1 N–H and O–H groups in total. The third kappa shape index (κ3) is 6.21. The summed E-state index contributed by atoms with van der Waals surface area (Å²) in [6, 6.07) is 16.2. The number of rotatable bonds is 11. The van der Waals surface area contributed by atoms with Crippen molar-refractivity contribution in [3.63, 3.8) is 0 Å². The fraction of sp³-hybridized carbons (Fsp3) is 0.303. The van der Waals surface area contributed by atoms with Gasteiger partial charge in [-0.25, -0.2) is 14.2 Å². The number of aliphatic imine (C=N–C) groups is 1. The Morgan fingerprint density at radius 2 is 1.84 bits per heavy atom. The molecule has 0 radical (unpaired) electrons. The second-order valence-corrected chi connectivity index (χ2v) is 11.0. The number of aromatic carboxylic acids is 1. The Morgan fingerprint density at radius 3 is 2.51 bits per heavy atom. The fourth-order valence-corrected chi connectivity index (χ4v) is 5.51. The number of pyridine rings is 2. The first-order valence-corrected chi connectivity index (χ1v) is 14.5. The van der Waals surface area contributed by atoms with Crippen molar-refractivity contribution < 1.29 is 28.6 Å². The summed E-state index contributed by atoms with van der Waals surface area (Å²) in [5.41, 5.74) is 1.39. The van der Waals surface area contributed by atoms with Gasteiger partial charge in [0.05, 0.1) is 37.4 Å². The van der Waals surface area contributed by atoms with E-state index in [-0.39, 0.29) is 42.0 Å². The number of carboxylic acid groups (broad SMARTS) is 1. The molecule has 6 rings (SSSR count). The molecule has 3 heterocycles. The van der Waals surface area contributed by atoms with E-state index < -0.39 is 22.8 Å². The highest BCUT2D eigenvalue weighted by Gasteiger charge is 2.34. The highest BCUT2D eigenvalue weighted by atomic mass is 19.1. The van der Waals surface area contributed by atoms with Crippen LogP contribution in [-0.2, 0) is 11.4 Å². The number of methoxy groups -OCH3 is 2. The van der Waals surface area contributed by atoms with Crippen molar-refractivity contribution in [2.75, 3.05) is 38.8 Å². The number of fused-ring (bicyclic) bond motifs is 1. The Hall–Kier alpha value is -5.26. The van der Waals surface area contributed by atoms with Gasteiger partial charge < -0.3 is 28.9 Å². The van der Waals surface area contributed by atoms with Crippen LogP contribution in [0.5, 0.6) is 11.5 Å². The predicted molar refractivity (Wildman–Crippen MR) is 168 cm³/mol. The Labute approximate surface area is 258 Å². The monoisotopic (exact) mass is 613 g/mol. The first-order chi connectivity index (χ1) is 21.9. The van der Waals surface area contributed by atoms with Gasteiger partial charge in [-0.15, -0.1) is 0 Å². The molecule has 0 bridgehead atoms. The summed E-state index contributed by atoms with van der Waals surface area (Å²) in [7, 11) is 3.13. The van der Waals surface area contributed by atoms with E-state index in [1.54, 1.807) is 29.9 Å². The maximum Gasteiger partial charge on any atom is 0.341 e. The molecule has 1 saturated heterocycles. The maximum atomic E-state index is 15.7. The summed E-state index contributed by atoms with van der Waals surface area (Å²) in [6.45, 7) is 1.02. The molecule has 1 aliphatic carbocycles. The summed E-state index contributed by atoms with van der Waals surface area (Å²) in [5.74, 6) is -1.05. The van der Waals surface area contributed by atoms with Gasteiger partial charge in [-0.1, -0.05) is 41.6 Å². The molecule has 2 aromatic heterocycles. The molecule has 1 saturated carbocycles. The molecule has 232 valence electrons. The SMILES string of the molecule is COc1cccc(OC)c1CO/N=C1\CN(c2nc3c(cc2F)c(=O)c(C(=O)O)cn3C2CC2)CC1CN=Cc1ccccc1. The number of halogens is 1. The number of ether oxygens (including phenoxy) is 2. The maximum absolute atomic E-state index is 15.7. The number of anilines is 1. The average Bonchev–Trinajstić information content (AvgIpc) is 3.82. The Bertz CT molecular complexity index is 1830. The zero-order chi connectivity index (χ0) is 31.5. The smallest absolute Gasteiger partial charge is 0.341 e. The van der Waals surface area contributed by atoms with Gasteiger partial charge in [-0.3, -0.25) is 9.79 Å². The summed E-state index contributed by atoms with van der Waals surface area (Å²) in [6.07, 6.45) is 4.74. The van der Waals surface area contributed by atoms with Gasteiger partial charge >= 0.3 is 5.97 Å². The number of carboxylic acids is 1. The molecular formula is C33H32FN5O6. The zero-order valence-electron chi connectivity index (χ0n) is 24.9. The van der Waals surface area contributed by atoms with Gasteiger partial charge in [-0.2, -0.15) is 0 Å². The molecule has 2 aromatic carbocycles. The molecule has 12 heteroatoms. The Morgan fingerprint density at radius 1 is 1.11 bits per heavy atom. The lowest BCUT2D eigenvalue weighted by atomic mass is 10.1. The minimum atomic E-state index is -1.36. The minimum Gasteiger partial charge on any atom is -0.496 e. The van der Waals surface area contributed by atoms with Crippen molar-refractivity contribution in [1.29, 1.82) is 0 Å². The number of oxime groups is 1. The van der Waals surface area contributed by atoms with E-state index in [1.807, 2.05) is 48.5 Å². The topological polar surface area (TPSA) is 128 Å². The average molecular weight is 614 g/mol. The van der Waals surface area contributed by atoms with Crippen molar-refractivity contribution in [3.05, 3.63) is 93.5 Å². The van der Waals surface area contributed by atoms with Crippen LogP contribution < -0.4 is 19.8 Å². The first-order valence-electron chi connectivity index (χ1n) is 14.5. The molecule has 2 fully saturated rings. The van der Waals surface area contributed by atoms with Crippen LogP contribution in [0.4, 0.5) is 10.2 Å². The quantitative estimate of drug-likeness (QED) is 0.190. The van der Waals surface area contributed by atoms with Crippen LogP contribution in [0.2, 0.25) is 0 Å². The van der Waals surface area contributed by atoms with Crippen molar-refractivity contribution in [2.45, 2.75) is 25.5 Å². The third-order valence-electron chi connectivity index (χ3n) is 7.96. The van der Waals surface area contributed by atoms with Crippen LogP contribution in [-0.4, -0.2) is 66.4 Å². The number of hydrogen-bond donors (Lipinski definition) is 1. The second-order valence-electron chi connectivity index (χ2n) is 11.0. The zero-order valence-corrected chi connectivity index (χ0v) is 24.9. The number of aromatic nitrogens is 2. The van der Waals surface area contributed by atoms with Crippen LogP contribution in [0.1, 0.15) is 40.4 Å². The lowest BCUT2D eigenvalue weighted by Crippen LogP contribution is -2.25. The van der Waals surface area contributed by atoms with E-state index in [0.717, 1.165) is 24.5 Å². The van der Waals surface area contributed by atoms with E-state index in [1.165, 1.54) is 6.20 Å². The molecule has 45 heavy (non-hydrogen) atoms. The predicted octanol–water partition coefficient (Wildman–Crippen LogP) is 4.71. The molecular weight excluding hydrogens is 581 g/mol. The highest BCUT2D eigenvalue weighted by Crippen LogP contribution is 2.37.